The predicted octanol–water partition coefficient (Wildman–Crippen LogP) is 3.61. The number of benzene rings is 1. The molecular formula is C27H34FN5O4. The molecule has 198 valence electrons. The van der Waals surface area contributed by atoms with Gasteiger partial charge in [-0.05, 0) is 62.6 Å². The maximum absolute atomic E-state index is 15.4. The van der Waals surface area contributed by atoms with Gasteiger partial charge in [0.15, 0.2) is 0 Å². The molecule has 0 unspecified atom stereocenters. The number of carbonyl (C=O) groups is 3. The molecule has 9 nitrogen and oxygen atoms in total. The van der Waals surface area contributed by atoms with Crippen LogP contribution in [-0.4, -0.2) is 46.8 Å². The number of ether oxygens (including phenoxy) is 1. The first-order valence-corrected chi connectivity index (χ1v) is 13.2. The van der Waals surface area contributed by atoms with E-state index in [9.17, 15) is 14.4 Å². The van der Waals surface area contributed by atoms with Gasteiger partial charge in [-0.15, -0.1) is 0 Å². The highest BCUT2D eigenvalue weighted by molar-refractivity contribution is 6.08. The van der Waals surface area contributed by atoms with Crippen molar-refractivity contribution >= 4 is 29.1 Å². The third-order valence-electron chi connectivity index (χ3n) is 8.22. The van der Waals surface area contributed by atoms with E-state index in [1.165, 1.54) is 6.07 Å². The minimum absolute atomic E-state index is 0.0392. The summed E-state index contributed by atoms with van der Waals surface area (Å²) in [5.41, 5.74) is 0.418. The predicted molar refractivity (Wildman–Crippen MR) is 136 cm³/mol. The van der Waals surface area contributed by atoms with E-state index in [0.717, 1.165) is 25.7 Å². The molecule has 1 aromatic heterocycles. The molecule has 1 saturated carbocycles. The van der Waals surface area contributed by atoms with E-state index in [2.05, 4.69) is 28.0 Å². The molecule has 1 aliphatic carbocycles. The number of aromatic nitrogens is 2. The van der Waals surface area contributed by atoms with Crippen LogP contribution in [0.5, 0.6) is 0 Å². The Kier molecular flexibility index (Phi) is 7.02. The normalized spacial score (nSPS) is 23.3. The average molecular weight is 512 g/mol. The highest BCUT2D eigenvalue weighted by Crippen LogP contribution is 2.47. The quantitative estimate of drug-likeness (QED) is 0.548. The van der Waals surface area contributed by atoms with E-state index < -0.39 is 23.2 Å². The number of nitrogens with one attached hydrogen (secondary N) is 3. The summed E-state index contributed by atoms with van der Waals surface area (Å²) in [6.07, 6.45) is 5.96. The number of halogens is 1. The molecule has 3 amide bonds. The summed E-state index contributed by atoms with van der Waals surface area (Å²) in [6, 6.07) is 3.71. The Labute approximate surface area is 215 Å². The Morgan fingerprint density at radius 3 is 2.68 bits per heavy atom. The van der Waals surface area contributed by atoms with Crippen molar-refractivity contribution in [3.63, 3.8) is 0 Å². The fourth-order valence-electron chi connectivity index (χ4n) is 6.05. The summed E-state index contributed by atoms with van der Waals surface area (Å²) in [5.74, 6) is -1.01. The molecule has 0 bridgehead atoms. The molecule has 10 heteroatoms. The lowest BCUT2D eigenvalue weighted by molar-refractivity contribution is -0.124. The third kappa shape index (κ3) is 4.74. The fourth-order valence-corrected chi connectivity index (χ4v) is 6.05. The number of hydrogen-bond donors (Lipinski definition) is 3. The number of rotatable bonds is 6. The second kappa shape index (κ2) is 10.2. The molecule has 3 aliphatic rings. The standard InChI is InChI=1S/C27H34FN5O4/c1-3-33-21(8-11-29-33)24(34)32-23(17-6-4-16(2)5-7-17)25(35)30-18-14-19(28)22-20(15-18)31-26(36)27(22)9-12-37-13-10-27/h8,11,14-17,23H,3-7,9-10,12-13H2,1-2H3,(H,30,35)(H,31,36)(H,32,34)/t16?,17?,23-/m0/s1. The first kappa shape index (κ1) is 25.4. The van der Waals surface area contributed by atoms with Gasteiger partial charge in [0.2, 0.25) is 11.8 Å². The molecule has 1 atom stereocenters. The molecule has 37 heavy (non-hydrogen) atoms. The summed E-state index contributed by atoms with van der Waals surface area (Å²) in [4.78, 5) is 39.5. The number of hydrogen-bond acceptors (Lipinski definition) is 5. The summed E-state index contributed by atoms with van der Waals surface area (Å²) < 4.78 is 22.4. The number of fused-ring (bicyclic) bond motifs is 2. The number of carbonyl (C=O) groups excluding carboxylic acids is 3. The number of aryl methyl sites for hydroxylation is 1. The van der Waals surface area contributed by atoms with Crippen LogP contribution in [0.15, 0.2) is 24.4 Å². The van der Waals surface area contributed by atoms with Gasteiger partial charge in [0, 0.05) is 37.2 Å². The lowest BCUT2D eigenvalue weighted by Crippen LogP contribution is -2.49. The van der Waals surface area contributed by atoms with Crippen molar-refractivity contribution in [3.05, 3.63) is 41.5 Å². The Balaban J connectivity index is 1.38. The summed E-state index contributed by atoms with van der Waals surface area (Å²) >= 11 is 0. The maximum atomic E-state index is 15.4. The summed E-state index contributed by atoms with van der Waals surface area (Å²) in [7, 11) is 0. The van der Waals surface area contributed by atoms with E-state index in [1.807, 2.05) is 6.92 Å². The topological polar surface area (TPSA) is 114 Å². The smallest absolute Gasteiger partial charge is 0.270 e. The van der Waals surface area contributed by atoms with E-state index >= 15 is 4.39 Å². The van der Waals surface area contributed by atoms with Gasteiger partial charge in [0.25, 0.3) is 5.91 Å². The van der Waals surface area contributed by atoms with Crippen LogP contribution in [0.3, 0.4) is 0 Å². The Morgan fingerprint density at radius 1 is 1.24 bits per heavy atom. The van der Waals surface area contributed by atoms with Crippen LogP contribution in [0.2, 0.25) is 0 Å². The number of anilines is 2. The van der Waals surface area contributed by atoms with Crippen LogP contribution in [0.25, 0.3) is 0 Å². The zero-order valence-corrected chi connectivity index (χ0v) is 21.3. The van der Waals surface area contributed by atoms with E-state index in [0.29, 0.717) is 55.5 Å². The highest BCUT2D eigenvalue weighted by Gasteiger charge is 2.49. The summed E-state index contributed by atoms with van der Waals surface area (Å²) in [6.45, 7) is 5.39. The molecule has 1 spiro atoms. The highest BCUT2D eigenvalue weighted by atomic mass is 19.1. The van der Waals surface area contributed by atoms with Crippen molar-refractivity contribution in [1.29, 1.82) is 0 Å². The minimum atomic E-state index is -0.933. The van der Waals surface area contributed by atoms with Gasteiger partial charge < -0.3 is 20.7 Å². The second-order valence-corrected chi connectivity index (χ2v) is 10.5. The lowest BCUT2D eigenvalue weighted by atomic mass is 9.75. The van der Waals surface area contributed by atoms with E-state index in [4.69, 9.17) is 4.74 Å². The molecule has 2 fully saturated rings. The van der Waals surface area contributed by atoms with Crippen LogP contribution in [-0.2, 0) is 26.3 Å². The number of amides is 3. The third-order valence-corrected chi connectivity index (χ3v) is 8.22. The van der Waals surface area contributed by atoms with Crippen molar-refractivity contribution in [3.8, 4) is 0 Å². The van der Waals surface area contributed by atoms with Crippen LogP contribution in [0.1, 0.15) is 68.4 Å². The van der Waals surface area contributed by atoms with Gasteiger partial charge in [-0.3, -0.25) is 19.1 Å². The molecule has 1 saturated heterocycles. The van der Waals surface area contributed by atoms with E-state index in [1.54, 1.807) is 23.0 Å². The Bertz CT molecular complexity index is 1200. The van der Waals surface area contributed by atoms with Crippen molar-refractivity contribution in [2.75, 3.05) is 23.8 Å². The fraction of sp³-hybridized carbons (Fsp3) is 0.556. The average Bonchev–Trinajstić information content (AvgIpc) is 3.46. The van der Waals surface area contributed by atoms with Crippen LogP contribution in [0, 0.1) is 17.7 Å². The number of nitrogens with zero attached hydrogens (tertiary/aromatic N) is 2. The van der Waals surface area contributed by atoms with Crippen molar-refractivity contribution < 1.29 is 23.5 Å². The molecular weight excluding hydrogens is 477 g/mol. The molecule has 0 radical (unpaired) electrons. The van der Waals surface area contributed by atoms with Crippen molar-refractivity contribution in [2.45, 2.75) is 70.4 Å². The Hall–Kier alpha value is -3.27. The van der Waals surface area contributed by atoms with Gasteiger partial charge in [-0.1, -0.05) is 19.8 Å². The zero-order valence-electron chi connectivity index (χ0n) is 21.3. The van der Waals surface area contributed by atoms with Gasteiger partial charge in [0.1, 0.15) is 17.6 Å². The molecule has 3 N–H and O–H groups in total. The van der Waals surface area contributed by atoms with Crippen LogP contribution in [0.4, 0.5) is 15.8 Å². The zero-order chi connectivity index (χ0) is 26.2. The molecule has 5 rings (SSSR count). The SMILES string of the molecule is CCn1nccc1C(=O)N[C@H](C(=O)Nc1cc(F)c2c(c1)NC(=O)C21CCOCC1)C1CCC(C)CC1. The van der Waals surface area contributed by atoms with Gasteiger partial charge in [0.05, 0.1) is 11.1 Å². The van der Waals surface area contributed by atoms with Gasteiger partial charge in [-0.25, -0.2) is 4.39 Å². The van der Waals surface area contributed by atoms with Gasteiger partial charge in [-0.2, -0.15) is 5.10 Å². The second-order valence-electron chi connectivity index (χ2n) is 10.5. The summed E-state index contributed by atoms with van der Waals surface area (Å²) in [5, 5.41) is 12.7. The molecule has 3 heterocycles. The Morgan fingerprint density at radius 2 is 1.97 bits per heavy atom. The minimum Gasteiger partial charge on any atom is -0.381 e. The van der Waals surface area contributed by atoms with E-state index in [-0.39, 0.29) is 23.4 Å². The van der Waals surface area contributed by atoms with Crippen LogP contribution < -0.4 is 16.0 Å². The van der Waals surface area contributed by atoms with Crippen LogP contribution >= 0.6 is 0 Å². The first-order chi connectivity index (χ1) is 17.8. The molecule has 2 aromatic rings. The first-order valence-electron chi connectivity index (χ1n) is 13.2. The van der Waals surface area contributed by atoms with Crippen molar-refractivity contribution in [1.82, 2.24) is 15.1 Å². The lowest BCUT2D eigenvalue weighted by Gasteiger charge is -2.32. The van der Waals surface area contributed by atoms with Crippen molar-refractivity contribution in [2.24, 2.45) is 11.8 Å². The molecule has 1 aromatic carbocycles. The molecule has 2 aliphatic heterocycles. The monoisotopic (exact) mass is 511 g/mol. The van der Waals surface area contributed by atoms with Gasteiger partial charge >= 0.3 is 0 Å². The largest absolute Gasteiger partial charge is 0.381 e. The maximum Gasteiger partial charge on any atom is 0.270 e.